The molecule has 0 unspecified atom stereocenters. The Kier molecular flexibility index (Phi) is 4.62. The van der Waals surface area contributed by atoms with Gasteiger partial charge in [-0.25, -0.2) is 14.4 Å². The van der Waals surface area contributed by atoms with Crippen molar-refractivity contribution in [3.05, 3.63) is 29.6 Å². The van der Waals surface area contributed by atoms with Crippen LogP contribution >= 0.6 is 11.6 Å². The Morgan fingerprint density at radius 1 is 1.21 bits per heavy atom. The molecule has 0 spiro atoms. The van der Waals surface area contributed by atoms with Gasteiger partial charge in [0.05, 0.1) is 18.9 Å². The van der Waals surface area contributed by atoms with Crippen LogP contribution in [0.25, 0.3) is 11.4 Å². The molecule has 3 rings (SSSR count). The minimum atomic E-state index is -1.27. The fourth-order valence-electron chi connectivity index (χ4n) is 2.92. The fraction of sp³-hybridized carbons (Fsp3) is 0.588. The number of nitrogens with zero attached hydrogens (tertiary/aromatic N) is 4. The van der Waals surface area contributed by atoms with E-state index in [9.17, 15) is 0 Å². The van der Waals surface area contributed by atoms with Crippen LogP contribution in [0.3, 0.4) is 0 Å². The van der Waals surface area contributed by atoms with Gasteiger partial charge in [-0.3, -0.25) is 4.98 Å². The smallest absolute Gasteiger partial charge is 0.148 e. The molecule has 3 heterocycles. The second-order valence-corrected chi connectivity index (χ2v) is 7.71. The van der Waals surface area contributed by atoms with Crippen LogP contribution in [0.4, 0.5) is 4.39 Å². The summed E-state index contributed by atoms with van der Waals surface area (Å²) in [6.45, 7) is 7.38. The summed E-state index contributed by atoms with van der Waals surface area (Å²) in [5, 5.41) is 0.311. The minimum Gasteiger partial charge on any atom is -0.381 e. The van der Waals surface area contributed by atoms with Crippen molar-refractivity contribution in [2.45, 2.75) is 51.2 Å². The van der Waals surface area contributed by atoms with Crippen LogP contribution < -0.4 is 0 Å². The van der Waals surface area contributed by atoms with Crippen molar-refractivity contribution in [3.8, 4) is 11.4 Å². The standard InChI is InChI=1S/C17H22ClFN4O/c1-16(2,3)15-22-13(12-8-20-9-14(18)21-12)10-23(15)11-17(19)4-6-24-7-5-17/h8-10H,4-7,11H2,1-3H3. The largest absolute Gasteiger partial charge is 0.381 e. The zero-order chi connectivity index (χ0) is 17.4. The third-order valence-corrected chi connectivity index (χ3v) is 4.34. The molecule has 1 aliphatic heterocycles. The molecule has 0 amide bonds. The predicted octanol–water partition coefficient (Wildman–Crippen LogP) is 3.81. The lowest BCUT2D eigenvalue weighted by Gasteiger charge is -2.31. The van der Waals surface area contributed by atoms with Crippen LogP contribution in [0.5, 0.6) is 0 Å². The van der Waals surface area contributed by atoms with Gasteiger partial charge in [0.25, 0.3) is 0 Å². The predicted molar refractivity (Wildman–Crippen MR) is 90.9 cm³/mol. The van der Waals surface area contributed by atoms with Gasteiger partial charge in [-0.15, -0.1) is 0 Å². The Balaban J connectivity index is 1.98. The van der Waals surface area contributed by atoms with Crippen molar-refractivity contribution < 1.29 is 9.13 Å². The van der Waals surface area contributed by atoms with E-state index in [1.807, 2.05) is 10.8 Å². The monoisotopic (exact) mass is 352 g/mol. The molecule has 0 bridgehead atoms. The van der Waals surface area contributed by atoms with Gasteiger partial charge in [0.1, 0.15) is 28.0 Å². The number of halogens is 2. The molecule has 0 aliphatic carbocycles. The maximum atomic E-state index is 15.1. The first-order chi connectivity index (χ1) is 11.3. The lowest BCUT2D eigenvalue weighted by atomic mass is 9.93. The highest BCUT2D eigenvalue weighted by molar-refractivity contribution is 6.29. The topological polar surface area (TPSA) is 52.8 Å². The molecule has 7 heteroatoms. The van der Waals surface area contributed by atoms with Crippen molar-refractivity contribution in [1.82, 2.24) is 19.5 Å². The Bertz CT molecular complexity index is 720. The third-order valence-electron chi connectivity index (χ3n) is 4.16. The van der Waals surface area contributed by atoms with E-state index in [-0.39, 0.29) is 12.0 Å². The van der Waals surface area contributed by atoms with Crippen LogP contribution in [0.2, 0.25) is 5.15 Å². The van der Waals surface area contributed by atoms with Gasteiger partial charge in [0, 0.05) is 37.7 Å². The second kappa shape index (κ2) is 6.41. The van der Waals surface area contributed by atoms with E-state index in [4.69, 9.17) is 21.3 Å². The zero-order valence-electron chi connectivity index (χ0n) is 14.2. The second-order valence-electron chi connectivity index (χ2n) is 7.32. The Labute approximate surface area is 146 Å². The number of imidazole rings is 1. The van der Waals surface area contributed by atoms with E-state index in [1.54, 1.807) is 6.20 Å². The Morgan fingerprint density at radius 2 is 1.92 bits per heavy atom. The summed E-state index contributed by atoms with van der Waals surface area (Å²) in [5.41, 5.74) is -0.237. The van der Waals surface area contributed by atoms with Gasteiger partial charge in [-0.05, 0) is 0 Å². The van der Waals surface area contributed by atoms with Gasteiger partial charge in [0.15, 0.2) is 0 Å². The number of aromatic nitrogens is 4. The molecular formula is C17H22ClFN4O. The van der Waals surface area contributed by atoms with Crippen LogP contribution in [-0.2, 0) is 16.7 Å². The van der Waals surface area contributed by atoms with E-state index in [0.29, 0.717) is 42.6 Å². The lowest BCUT2D eigenvalue weighted by Crippen LogP contribution is -2.37. The first kappa shape index (κ1) is 17.3. The molecule has 130 valence electrons. The van der Waals surface area contributed by atoms with Crippen LogP contribution in [-0.4, -0.2) is 38.4 Å². The van der Waals surface area contributed by atoms with Gasteiger partial charge in [-0.2, -0.15) is 0 Å². The molecule has 0 aromatic carbocycles. The molecule has 0 radical (unpaired) electrons. The van der Waals surface area contributed by atoms with Gasteiger partial charge >= 0.3 is 0 Å². The van der Waals surface area contributed by atoms with Crippen molar-refractivity contribution in [2.24, 2.45) is 0 Å². The SMILES string of the molecule is CC(C)(C)c1nc(-c2cncc(Cl)n2)cn1CC1(F)CCOCC1. The summed E-state index contributed by atoms with van der Waals surface area (Å²) in [6, 6.07) is 0. The first-order valence-electron chi connectivity index (χ1n) is 8.09. The zero-order valence-corrected chi connectivity index (χ0v) is 15.0. The molecule has 2 aromatic rings. The Morgan fingerprint density at radius 3 is 2.54 bits per heavy atom. The van der Waals surface area contributed by atoms with E-state index in [0.717, 1.165) is 5.82 Å². The average molecular weight is 353 g/mol. The number of alkyl halides is 1. The molecule has 0 atom stereocenters. The van der Waals surface area contributed by atoms with Crippen LogP contribution in [0.15, 0.2) is 18.6 Å². The summed E-state index contributed by atoms with van der Waals surface area (Å²) >= 11 is 5.93. The summed E-state index contributed by atoms with van der Waals surface area (Å²) in [7, 11) is 0. The van der Waals surface area contributed by atoms with Crippen molar-refractivity contribution in [1.29, 1.82) is 0 Å². The molecule has 2 aromatic heterocycles. The van der Waals surface area contributed by atoms with E-state index >= 15 is 4.39 Å². The third kappa shape index (κ3) is 3.75. The Hall–Kier alpha value is -1.53. The molecule has 1 saturated heterocycles. The number of ether oxygens (including phenoxy) is 1. The average Bonchev–Trinajstić information content (AvgIpc) is 2.91. The molecule has 0 N–H and O–H groups in total. The molecule has 5 nitrogen and oxygen atoms in total. The highest BCUT2D eigenvalue weighted by Gasteiger charge is 2.35. The van der Waals surface area contributed by atoms with E-state index < -0.39 is 5.67 Å². The summed E-state index contributed by atoms with van der Waals surface area (Å²) in [6.07, 6.45) is 5.75. The number of hydrogen-bond donors (Lipinski definition) is 0. The summed E-state index contributed by atoms with van der Waals surface area (Å²) in [4.78, 5) is 13.0. The minimum absolute atomic E-state index is 0.216. The van der Waals surface area contributed by atoms with Gasteiger partial charge in [0.2, 0.25) is 0 Å². The molecule has 1 fully saturated rings. The molecule has 1 aliphatic rings. The maximum Gasteiger partial charge on any atom is 0.148 e. The maximum absolute atomic E-state index is 15.1. The highest BCUT2D eigenvalue weighted by Crippen LogP contribution is 2.32. The normalized spacial score (nSPS) is 17.9. The van der Waals surface area contributed by atoms with Gasteiger partial charge in [-0.1, -0.05) is 32.4 Å². The number of hydrogen-bond acceptors (Lipinski definition) is 4. The fourth-order valence-corrected chi connectivity index (χ4v) is 3.07. The summed E-state index contributed by atoms with van der Waals surface area (Å²) < 4.78 is 22.3. The van der Waals surface area contributed by atoms with Crippen LogP contribution in [0.1, 0.15) is 39.4 Å². The van der Waals surface area contributed by atoms with E-state index in [1.165, 1.54) is 6.20 Å². The highest BCUT2D eigenvalue weighted by atomic mass is 35.5. The first-order valence-corrected chi connectivity index (χ1v) is 8.47. The lowest BCUT2D eigenvalue weighted by molar-refractivity contribution is -0.0183. The molecular weight excluding hydrogens is 331 g/mol. The quantitative estimate of drug-likeness (QED) is 0.842. The molecule has 24 heavy (non-hydrogen) atoms. The van der Waals surface area contributed by atoms with E-state index in [2.05, 4.69) is 30.7 Å². The number of rotatable bonds is 3. The van der Waals surface area contributed by atoms with Crippen molar-refractivity contribution in [2.75, 3.05) is 13.2 Å². The van der Waals surface area contributed by atoms with Gasteiger partial charge < -0.3 is 9.30 Å². The molecule has 0 saturated carbocycles. The summed E-state index contributed by atoms with van der Waals surface area (Å²) in [5.74, 6) is 0.822. The van der Waals surface area contributed by atoms with Crippen LogP contribution in [0, 0.1) is 0 Å². The van der Waals surface area contributed by atoms with Crippen molar-refractivity contribution >= 4 is 11.6 Å². The van der Waals surface area contributed by atoms with Crippen molar-refractivity contribution in [3.63, 3.8) is 0 Å².